The first-order valence-corrected chi connectivity index (χ1v) is 6.75. The Morgan fingerprint density at radius 2 is 1.89 bits per heavy atom. The highest BCUT2D eigenvalue weighted by Gasteiger charge is 2.47. The molecule has 0 amide bonds. The van der Waals surface area contributed by atoms with Crippen LogP contribution in [-0.2, 0) is 4.79 Å². The Kier molecular flexibility index (Phi) is 3.56. The molecule has 5 nitrogen and oxygen atoms in total. The van der Waals surface area contributed by atoms with Gasteiger partial charge in [-0.15, -0.1) is 0 Å². The molecule has 102 valence electrons. The second-order valence-electron chi connectivity index (χ2n) is 5.01. The van der Waals surface area contributed by atoms with Crippen LogP contribution in [0.1, 0.15) is 35.1 Å². The predicted octanol–water partition coefficient (Wildman–Crippen LogP) is -1.74. The van der Waals surface area contributed by atoms with Crippen LogP contribution < -0.4 is 15.5 Å². The Morgan fingerprint density at radius 1 is 1.26 bits per heavy atom. The molecule has 0 saturated carbocycles. The molecular weight excluding hydrogens is 266 g/mol. The van der Waals surface area contributed by atoms with E-state index in [2.05, 4.69) is 0 Å². The van der Waals surface area contributed by atoms with Crippen LogP contribution in [0.5, 0.6) is 0 Å². The van der Waals surface area contributed by atoms with E-state index >= 15 is 0 Å². The quantitative estimate of drug-likeness (QED) is 0.708. The van der Waals surface area contributed by atoms with Gasteiger partial charge in [0.1, 0.15) is 12.0 Å². The van der Waals surface area contributed by atoms with Crippen LogP contribution in [0.4, 0.5) is 0 Å². The summed E-state index contributed by atoms with van der Waals surface area (Å²) in [5, 5.41) is 23.6. The Morgan fingerprint density at radius 3 is 2.42 bits per heavy atom. The third-order valence-corrected chi connectivity index (χ3v) is 4.81. The second-order valence-corrected chi connectivity index (χ2v) is 6.80. The standard InChI is InChI=1S/C13H15NO4S/c1-13(2)9(12(17)18)14-10(19-13)7-5-3-4-6-8(7)11(15)16/h3-6,9-10,14H,1-2H3,(H,15,16)(H,17,18)/p-1/t9-,10-/m0/s1. The van der Waals surface area contributed by atoms with E-state index in [1.54, 1.807) is 23.5 Å². The molecule has 1 aliphatic rings. The minimum Gasteiger partial charge on any atom is -0.545 e. The van der Waals surface area contributed by atoms with E-state index in [0.717, 1.165) is 0 Å². The van der Waals surface area contributed by atoms with Crippen molar-refractivity contribution in [1.82, 2.24) is 0 Å². The van der Waals surface area contributed by atoms with E-state index in [4.69, 9.17) is 0 Å². The maximum atomic E-state index is 11.1. The van der Waals surface area contributed by atoms with Gasteiger partial charge in [0.25, 0.3) is 0 Å². The van der Waals surface area contributed by atoms with Crippen molar-refractivity contribution in [1.29, 1.82) is 0 Å². The van der Waals surface area contributed by atoms with Crippen LogP contribution in [-0.4, -0.2) is 22.7 Å². The minimum atomic E-state index is -1.25. The number of rotatable bonds is 3. The fraction of sp³-hybridized carbons (Fsp3) is 0.385. The average molecular weight is 280 g/mol. The summed E-state index contributed by atoms with van der Waals surface area (Å²) in [7, 11) is 0. The van der Waals surface area contributed by atoms with E-state index < -0.39 is 22.7 Å². The summed E-state index contributed by atoms with van der Waals surface area (Å²) in [6.07, 6.45) is 0. The van der Waals surface area contributed by atoms with Crippen molar-refractivity contribution in [3.8, 4) is 0 Å². The number of carbonyl (C=O) groups excluding carboxylic acids is 2. The summed E-state index contributed by atoms with van der Waals surface area (Å²) in [6.45, 7) is 3.63. The van der Waals surface area contributed by atoms with Crippen molar-refractivity contribution in [2.75, 3.05) is 0 Å². The maximum absolute atomic E-state index is 11.1. The van der Waals surface area contributed by atoms with Crippen LogP contribution in [0.3, 0.4) is 0 Å². The van der Waals surface area contributed by atoms with Crippen LogP contribution >= 0.6 is 11.8 Å². The van der Waals surface area contributed by atoms with Crippen molar-refractivity contribution < 1.29 is 25.1 Å². The third-order valence-electron chi connectivity index (χ3n) is 3.29. The van der Waals surface area contributed by atoms with E-state index in [9.17, 15) is 19.8 Å². The van der Waals surface area contributed by atoms with Gasteiger partial charge in [0.15, 0.2) is 5.37 Å². The van der Waals surface area contributed by atoms with E-state index in [0.29, 0.717) is 5.56 Å². The Balaban J connectivity index is 2.35. The van der Waals surface area contributed by atoms with E-state index in [1.807, 2.05) is 13.8 Å². The summed E-state index contributed by atoms with van der Waals surface area (Å²) in [4.78, 5) is 22.2. The lowest BCUT2D eigenvalue weighted by Gasteiger charge is -2.21. The number of aliphatic carboxylic acids is 1. The molecule has 2 rings (SSSR count). The molecular formula is C13H14NO4S-. The van der Waals surface area contributed by atoms with Gasteiger partial charge in [-0.2, -0.15) is 0 Å². The molecule has 2 atom stereocenters. The average Bonchev–Trinajstić information content (AvgIpc) is 2.65. The van der Waals surface area contributed by atoms with Crippen LogP contribution in [0.15, 0.2) is 24.3 Å². The number of hydrogen-bond acceptors (Lipinski definition) is 5. The first kappa shape index (κ1) is 13.9. The molecule has 1 aromatic rings. The summed E-state index contributed by atoms with van der Waals surface area (Å²) in [5.41, 5.74) is 0.676. The third kappa shape index (κ3) is 2.59. The largest absolute Gasteiger partial charge is 0.545 e. The van der Waals surface area contributed by atoms with Gasteiger partial charge in [-0.05, 0) is 13.8 Å². The zero-order valence-electron chi connectivity index (χ0n) is 10.6. The number of carbonyl (C=O) groups is 2. The van der Waals surface area contributed by atoms with Gasteiger partial charge in [0, 0.05) is 11.1 Å². The Bertz CT molecular complexity index is 529. The lowest BCUT2D eigenvalue weighted by molar-refractivity contribution is -0.695. The van der Waals surface area contributed by atoms with Crippen LogP contribution in [0.2, 0.25) is 0 Å². The Labute approximate surface area is 115 Å². The highest BCUT2D eigenvalue weighted by molar-refractivity contribution is 8.00. The molecule has 0 spiro atoms. The summed E-state index contributed by atoms with van der Waals surface area (Å²) in [6, 6.07) is 5.80. The number of nitrogens with two attached hydrogens (primary N) is 1. The van der Waals surface area contributed by atoms with E-state index in [-0.39, 0.29) is 10.9 Å². The van der Waals surface area contributed by atoms with Gasteiger partial charge in [0.2, 0.25) is 0 Å². The number of carboxylic acids is 2. The highest BCUT2D eigenvalue weighted by atomic mass is 32.2. The molecule has 0 aliphatic carbocycles. The SMILES string of the molecule is CC1(C)S[C@@H](c2ccccc2C(=O)[O-])[NH2+][C@H]1C(=O)[O-]. The summed E-state index contributed by atoms with van der Waals surface area (Å²) in [5.74, 6) is -2.38. The van der Waals surface area contributed by atoms with Crippen LogP contribution in [0.25, 0.3) is 0 Å². The lowest BCUT2D eigenvalue weighted by Crippen LogP contribution is -2.92. The van der Waals surface area contributed by atoms with Crippen LogP contribution in [0, 0.1) is 0 Å². The fourth-order valence-corrected chi connectivity index (χ4v) is 3.85. The Hall–Kier alpha value is -1.53. The van der Waals surface area contributed by atoms with E-state index in [1.165, 1.54) is 17.8 Å². The van der Waals surface area contributed by atoms with Gasteiger partial charge in [-0.3, -0.25) is 0 Å². The number of benzene rings is 1. The topological polar surface area (TPSA) is 96.9 Å². The number of quaternary nitrogens is 1. The smallest absolute Gasteiger partial charge is 0.160 e. The van der Waals surface area contributed by atoms with Gasteiger partial charge >= 0.3 is 0 Å². The molecule has 6 heteroatoms. The maximum Gasteiger partial charge on any atom is 0.160 e. The molecule has 1 fully saturated rings. The number of aromatic carboxylic acids is 1. The molecule has 0 unspecified atom stereocenters. The van der Waals surface area contributed by atoms with Gasteiger partial charge < -0.3 is 25.1 Å². The minimum absolute atomic E-state index is 0.103. The van der Waals surface area contributed by atoms with Crippen molar-refractivity contribution in [2.45, 2.75) is 30.0 Å². The van der Waals surface area contributed by atoms with Gasteiger partial charge in [-0.1, -0.05) is 36.0 Å². The van der Waals surface area contributed by atoms with Crippen molar-refractivity contribution >= 4 is 23.7 Å². The zero-order chi connectivity index (χ0) is 14.2. The van der Waals surface area contributed by atoms with Crippen molar-refractivity contribution in [2.24, 2.45) is 0 Å². The van der Waals surface area contributed by atoms with Gasteiger partial charge in [0.05, 0.1) is 10.7 Å². The van der Waals surface area contributed by atoms with Gasteiger partial charge in [-0.25, -0.2) is 0 Å². The first-order valence-electron chi connectivity index (χ1n) is 5.87. The van der Waals surface area contributed by atoms with Crippen molar-refractivity contribution in [3.05, 3.63) is 35.4 Å². The molecule has 2 N–H and O–H groups in total. The number of hydrogen-bond donors (Lipinski definition) is 1. The monoisotopic (exact) mass is 280 g/mol. The lowest BCUT2D eigenvalue weighted by atomic mass is 10.0. The first-order chi connectivity index (χ1) is 8.83. The molecule has 0 radical (unpaired) electrons. The molecule has 0 aromatic heterocycles. The molecule has 19 heavy (non-hydrogen) atoms. The molecule has 1 aromatic carbocycles. The summed E-state index contributed by atoms with van der Waals surface area (Å²) >= 11 is 1.42. The highest BCUT2D eigenvalue weighted by Crippen LogP contribution is 2.41. The second kappa shape index (κ2) is 4.86. The molecule has 1 saturated heterocycles. The normalized spacial score (nSPS) is 25.2. The molecule has 0 bridgehead atoms. The van der Waals surface area contributed by atoms with Crippen molar-refractivity contribution in [3.63, 3.8) is 0 Å². The molecule has 1 aliphatic heterocycles. The number of carboxylic acid groups (broad SMARTS) is 2. The summed E-state index contributed by atoms with van der Waals surface area (Å²) < 4.78 is -0.525. The predicted molar refractivity (Wildman–Crippen MR) is 65.9 cm³/mol. The fourth-order valence-electron chi connectivity index (χ4n) is 2.31. The molecule has 1 heterocycles. The zero-order valence-corrected chi connectivity index (χ0v) is 11.4. The number of thioether (sulfide) groups is 1.